The van der Waals surface area contributed by atoms with Crippen molar-refractivity contribution >= 4 is 17.4 Å². The molecule has 8 nitrogen and oxygen atoms in total. The number of hydrogen-bond acceptors (Lipinski definition) is 6. The molecule has 1 saturated heterocycles. The van der Waals surface area contributed by atoms with E-state index >= 15 is 0 Å². The Balaban J connectivity index is 1.53. The Morgan fingerprint density at radius 2 is 2.00 bits per heavy atom. The molecule has 8 heteroatoms. The smallest absolute Gasteiger partial charge is 0.270 e. The van der Waals surface area contributed by atoms with Gasteiger partial charge in [-0.3, -0.25) is 14.0 Å². The molecular formula is C19H19N5O3. The molecule has 0 unspecified atom stereocenters. The number of carbonyl (C=O) groups is 1. The molecule has 0 bridgehead atoms. The van der Waals surface area contributed by atoms with Crippen LogP contribution in [0.25, 0.3) is 5.65 Å². The molecule has 3 aromatic heterocycles. The third kappa shape index (κ3) is 3.52. The second-order valence-electron chi connectivity index (χ2n) is 6.17. The highest BCUT2D eigenvalue weighted by Gasteiger charge is 2.17. The van der Waals surface area contributed by atoms with Crippen molar-refractivity contribution < 1.29 is 9.53 Å². The van der Waals surface area contributed by atoms with Gasteiger partial charge < -0.3 is 15.0 Å². The summed E-state index contributed by atoms with van der Waals surface area (Å²) in [5.41, 5.74) is 1.01. The quantitative estimate of drug-likeness (QED) is 0.738. The van der Waals surface area contributed by atoms with E-state index in [0.717, 1.165) is 24.5 Å². The molecule has 0 saturated carbocycles. The Morgan fingerprint density at radius 3 is 2.85 bits per heavy atom. The zero-order chi connectivity index (χ0) is 18.6. The number of anilines is 1. The number of carbonyl (C=O) groups excluding carboxylic acids is 1. The van der Waals surface area contributed by atoms with Gasteiger partial charge >= 0.3 is 0 Å². The number of aromatic nitrogens is 3. The van der Waals surface area contributed by atoms with Gasteiger partial charge in [0.05, 0.1) is 13.2 Å². The van der Waals surface area contributed by atoms with E-state index in [1.54, 1.807) is 30.6 Å². The number of nitrogens with one attached hydrogen (secondary N) is 1. The van der Waals surface area contributed by atoms with E-state index < -0.39 is 11.5 Å². The van der Waals surface area contributed by atoms with Crippen LogP contribution in [0.3, 0.4) is 0 Å². The van der Waals surface area contributed by atoms with Crippen LogP contribution in [0.2, 0.25) is 0 Å². The van der Waals surface area contributed by atoms with Gasteiger partial charge in [-0.05, 0) is 18.2 Å². The van der Waals surface area contributed by atoms with E-state index in [9.17, 15) is 9.59 Å². The molecule has 27 heavy (non-hydrogen) atoms. The summed E-state index contributed by atoms with van der Waals surface area (Å²) in [6.45, 7) is 3.10. The maximum Gasteiger partial charge on any atom is 0.270 e. The molecule has 4 heterocycles. The first-order valence-electron chi connectivity index (χ1n) is 8.75. The molecule has 1 aliphatic rings. The highest BCUT2D eigenvalue weighted by atomic mass is 16.5. The molecule has 0 aromatic carbocycles. The van der Waals surface area contributed by atoms with Gasteiger partial charge in [0.1, 0.15) is 17.0 Å². The zero-order valence-electron chi connectivity index (χ0n) is 14.7. The van der Waals surface area contributed by atoms with Gasteiger partial charge in [0.2, 0.25) is 0 Å². The summed E-state index contributed by atoms with van der Waals surface area (Å²) in [5, 5.41) is 2.81. The predicted octanol–water partition coefficient (Wildman–Crippen LogP) is 0.856. The summed E-state index contributed by atoms with van der Waals surface area (Å²) in [4.78, 5) is 35.8. The van der Waals surface area contributed by atoms with Crippen LogP contribution in [-0.4, -0.2) is 46.6 Å². The molecule has 0 radical (unpaired) electrons. The Hall–Kier alpha value is -3.26. The highest BCUT2D eigenvalue weighted by Crippen LogP contribution is 2.18. The summed E-state index contributed by atoms with van der Waals surface area (Å²) in [6, 6.07) is 8.98. The van der Waals surface area contributed by atoms with Crippen molar-refractivity contribution in [3.63, 3.8) is 0 Å². The first kappa shape index (κ1) is 17.2. The maximum absolute atomic E-state index is 12.6. The van der Waals surface area contributed by atoms with E-state index in [-0.39, 0.29) is 12.1 Å². The molecule has 0 atom stereocenters. The minimum Gasteiger partial charge on any atom is -0.378 e. The van der Waals surface area contributed by atoms with E-state index in [4.69, 9.17) is 4.74 Å². The van der Waals surface area contributed by atoms with Gasteiger partial charge in [-0.1, -0.05) is 12.1 Å². The molecule has 4 rings (SSSR count). The summed E-state index contributed by atoms with van der Waals surface area (Å²) in [7, 11) is 0. The fraction of sp³-hybridized carbons (Fsp3) is 0.263. The second kappa shape index (κ2) is 7.55. The Labute approximate surface area is 155 Å². The number of morpholine rings is 1. The first-order valence-corrected chi connectivity index (χ1v) is 8.75. The van der Waals surface area contributed by atoms with Gasteiger partial charge in [0, 0.05) is 43.8 Å². The average Bonchev–Trinajstić information content (AvgIpc) is 2.73. The van der Waals surface area contributed by atoms with Crippen LogP contribution in [-0.2, 0) is 11.3 Å². The monoisotopic (exact) mass is 365 g/mol. The summed E-state index contributed by atoms with van der Waals surface area (Å²) >= 11 is 0. The number of rotatable bonds is 4. The van der Waals surface area contributed by atoms with Gasteiger partial charge in [0.25, 0.3) is 11.5 Å². The van der Waals surface area contributed by atoms with Crippen LogP contribution in [0.15, 0.2) is 53.7 Å². The largest absolute Gasteiger partial charge is 0.378 e. The standard InChI is InChI=1S/C19H19N5O3/c25-18(15-13-21-16-5-1-2-7-24(16)19(15)26)22-12-14-4-3-6-20-17(14)23-8-10-27-11-9-23/h1-7,13H,8-12H2,(H,22,25). The van der Waals surface area contributed by atoms with Crippen molar-refractivity contribution in [1.29, 1.82) is 0 Å². The van der Waals surface area contributed by atoms with Crippen molar-refractivity contribution in [2.24, 2.45) is 0 Å². The number of nitrogens with zero attached hydrogens (tertiary/aromatic N) is 4. The van der Waals surface area contributed by atoms with Gasteiger partial charge in [-0.2, -0.15) is 0 Å². The molecular weight excluding hydrogens is 346 g/mol. The van der Waals surface area contributed by atoms with Crippen molar-refractivity contribution in [2.75, 3.05) is 31.2 Å². The highest BCUT2D eigenvalue weighted by molar-refractivity contribution is 5.93. The lowest BCUT2D eigenvalue weighted by molar-refractivity contribution is 0.0948. The minimum atomic E-state index is -0.456. The fourth-order valence-corrected chi connectivity index (χ4v) is 3.08. The third-order valence-electron chi connectivity index (χ3n) is 4.48. The topological polar surface area (TPSA) is 88.8 Å². The van der Waals surface area contributed by atoms with Crippen LogP contribution in [0, 0.1) is 0 Å². The molecule has 3 aromatic rings. The van der Waals surface area contributed by atoms with Crippen LogP contribution < -0.4 is 15.8 Å². The average molecular weight is 365 g/mol. The SMILES string of the molecule is O=C(NCc1cccnc1N1CCOCC1)c1cnc2ccccn2c1=O. The Bertz CT molecular complexity index is 1030. The normalized spacial score (nSPS) is 14.3. The van der Waals surface area contributed by atoms with Crippen LogP contribution >= 0.6 is 0 Å². The number of pyridine rings is 2. The minimum absolute atomic E-state index is 0.00973. The molecule has 1 amide bonds. The van der Waals surface area contributed by atoms with E-state index in [1.807, 2.05) is 12.1 Å². The summed E-state index contributed by atoms with van der Waals surface area (Å²) < 4.78 is 6.74. The number of hydrogen-bond donors (Lipinski definition) is 1. The molecule has 0 spiro atoms. The predicted molar refractivity (Wildman–Crippen MR) is 99.9 cm³/mol. The lowest BCUT2D eigenvalue weighted by Gasteiger charge is -2.29. The summed E-state index contributed by atoms with van der Waals surface area (Å²) in [6.07, 6.45) is 4.65. The van der Waals surface area contributed by atoms with Crippen molar-refractivity contribution in [3.8, 4) is 0 Å². The van der Waals surface area contributed by atoms with E-state index in [2.05, 4.69) is 20.2 Å². The zero-order valence-corrected chi connectivity index (χ0v) is 14.7. The van der Waals surface area contributed by atoms with Crippen molar-refractivity contribution in [3.05, 3.63) is 70.4 Å². The van der Waals surface area contributed by atoms with Crippen LogP contribution in [0.5, 0.6) is 0 Å². The van der Waals surface area contributed by atoms with Crippen LogP contribution in [0.1, 0.15) is 15.9 Å². The van der Waals surface area contributed by atoms with E-state index in [0.29, 0.717) is 18.9 Å². The molecule has 1 aliphatic heterocycles. The van der Waals surface area contributed by atoms with E-state index in [1.165, 1.54) is 10.6 Å². The van der Waals surface area contributed by atoms with Crippen molar-refractivity contribution in [2.45, 2.75) is 6.54 Å². The first-order chi connectivity index (χ1) is 13.2. The van der Waals surface area contributed by atoms with Crippen molar-refractivity contribution in [1.82, 2.24) is 19.7 Å². The maximum atomic E-state index is 12.6. The fourth-order valence-electron chi connectivity index (χ4n) is 3.08. The molecule has 1 N–H and O–H groups in total. The van der Waals surface area contributed by atoms with Crippen LogP contribution in [0.4, 0.5) is 5.82 Å². The number of ether oxygens (including phenoxy) is 1. The summed E-state index contributed by atoms with van der Waals surface area (Å²) in [5.74, 6) is 0.372. The second-order valence-corrected chi connectivity index (χ2v) is 6.17. The molecule has 1 fully saturated rings. The molecule has 138 valence electrons. The number of amides is 1. The molecule has 0 aliphatic carbocycles. The van der Waals surface area contributed by atoms with Gasteiger partial charge in [0.15, 0.2) is 0 Å². The Morgan fingerprint density at radius 1 is 1.15 bits per heavy atom. The third-order valence-corrected chi connectivity index (χ3v) is 4.48. The Kier molecular flexibility index (Phi) is 4.80. The lowest BCUT2D eigenvalue weighted by atomic mass is 10.2. The lowest BCUT2D eigenvalue weighted by Crippen LogP contribution is -2.38. The number of fused-ring (bicyclic) bond motifs is 1. The van der Waals surface area contributed by atoms with Gasteiger partial charge in [-0.25, -0.2) is 9.97 Å². The van der Waals surface area contributed by atoms with Gasteiger partial charge in [-0.15, -0.1) is 0 Å².